The monoisotopic (exact) mass is 517 g/mol. The number of alkyl halides is 3. The molecule has 36 heavy (non-hydrogen) atoms. The van der Waals surface area contributed by atoms with Crippen molar-refractivity contribution in [3.8, 4) is 17.2 Å². The number of nitrogens with one attached hydrogen (secondary N) is 2. The van der Waals surface area contributed by atoms with Crippen molar-refractivity contribution in [1.29, 1.82) is 4.78 Å². The number of hydrogen-bond donors (Lipinski definition) is 3. The van der Waals surface area contributed by atoms with E-state index in [1.165, 1.54) is 0 Å². The summed E-state index contributed by atoms with van der Waals surface area (Å²) >= 11 is 0. The summed E-state index contributed by atoms with van der Waals surface area (Å²) in [4.78, 5) is 1.87. The average molecular weight is 518 g/mol. The molecule has 0 fully saturated rings. The Morgan fingerprint density at radius 1 is 1.00 bits per heavy atom. The second-order valence-electron chi connectivity index (χ2n) is 8.32. The minimum atomic E-state index is -4.85. The minimum absolute atomic E-state index is 0.0256. The smallest absolute Gasteiger partial charge is 0.453 e. The van der Waals surface area contributed by atoms with Gasteiger partial charge in [-0.25, -0.2) is 13.7 Å². The van der Waals surface area contributed by atoms with Crippen molar-refractivity contribution in [2.45, 2.75) is 36.2 Å². The van der Waals surface area contributed by atoms with Crippen molar-refractivity contribution < 1.29 is 32.0 Å². The lowest BCUT2D eigenvalue weighted by atomic mass is 9.94. The van der Waals surface area contributed by atoms with Crippen LogP contribution < -0.4 is 19.1 Å². The van der Waals surface area contributed by atoms with Crippen LogP contribution in [0.1, 0.15) is 12.8 Å². The quantitative estimate of drug-likeness (QED) is 0.395. The number of hydrogen-bond acceptors (Lipinski definition) is 6. The third-order valence-corrected chi connectivity index (χ3v) is 7.48. The van der Waals surface area contributed by atoms with Crippen molar-refractivity contribution in [2.75, 3.05) is 4.90 Å². The van der Waals surface area contributed by atoms with Gasteiger partial charge in [0, 0.05) is 5.70 Å². The maximum absolute atomic E-state index is 13.2. The molecule has 2 aliphatic rings. The van der Waals surface area contributed by atoms with E-state index in [1.807, 2.05) is 59.5 Å². The molecule has 1 aliphatic heterocycles. The molecule has 0 aromatic heterocycles. The molecular formula is C25H22F3N3O4S. The zero-order valence-corrected chi connectivity index (χ0v) is 19.6. The molecule has 0 amide bonds. The molecule has 0 saturated carbocycles. The molecule has 3 N–H and O–H groups in total. The number of anilines is 2. The van der Waals surface area contributed by atoms with E-state index in [0.29, 0.717) is 30.0 Å². The van der Waals surface area contributed by atoms with E-state index in [1.54, 1.807) is 0 Å². The number of halogens is 3. The zero-order chi connectivity index (χ0) is 25.5. The third kappa shape index (κ3) is 4.77. The first-order valence-corrected chi connectivity index (χ1v) is 12.6. The molecule has 1 unspecified atom stereocenters. The largest absolute Gasteiger partial charge is 0.573 e. The van der Waals surface area contributed by atoms with E-state index in [4.69, 9.17) is 9.52 Å². The molecule has 0 bridgehead atoms. The van der Waals surface area contributed by atoms with Crippen LogP contribution in [0.25, 0.3) is 0 Å². The van der Waals surface area contributed by atoms with E-state index in [0.717, 1.165) is 35.6 Å². The van der Waals surface area contributed by atoms with Crippen LogP contribution in [0.15, 0.2) is 89.5 Å². The molecule has 1 aliphatic carbocycles. The van der Waals surface area contributed by atoms with Gasteiger partial charge < -0.3 is 19.5 Å². The summed E-state index contributed by atoms with van der Waals surface area (Å²) < 4.78 is 71.5. The van der Waals surface area contributed by atoms with Crippen LogP contribution in [0.3, 0.4) is 0 Å². The van der Waals surface area contributed by atoms with Gasteiger partial charge in [-0.2, -0.15) is 0 Å². The fraction of sp³-hybridized carbons (Fsp3) is 0.200. The maximum Gasteiger partial charge on any atom is 0.573 e. The van der Waals surface area contributed by atoms with Crippen LogP contribution in [0, 0.1) is 4.78 Å². The van der Waals surface area contributed by atoms with Crippen molar-refractivity contribution in [2.24, 2.45) is 0 Å². The van der Waals surface area contributed by atoms with Crippen LogP contribution in [-0.4, -0.2) is 27.8 Å². The Kier molecular flexibility index (Phi) is 6.15. The lowest BCUT2D eigenvalue weighted by molar-refractivity contribution is -0.274. The van der Waals surface area contributed by atoms with Gasteiger partial charge >= 0.3 is 6.36 Å². The highest BCUT2D eigenvalue weighted by molar-refractivity contribution is 7.90. The van der Waals surface area contributed by atoms with E-state index < -0.39 is 34.2 Å². The molecule has 11 heteroatoms. The second kappa shape index (κ2) is 9.16. The summed E-state index contributed by atoms with van der Waals surface area (Å²) in [6.07, 6.45) is -3.13. The Bertz CT molecular complexity index is 1360. The number of fused-ring (bicyclic) bond motifs is 2. The number of allylic oxidation sites excluding steroid dienone is 1. The molecule has 0 spiro atoms. The fourth-order valence-corrected chi connectivity index (χ4v) is 5.67. The number of aliphatic hydroxyl groups excluding tert-OH is 1. The summed E-state index contributed by atoms with van der Waals surface area (Å²) in [6.45, 7) is 0. The molecule has 188 valence electrons. The van der Waals surface area contributed by atoms with Gasteiger partial charge in [0.2, 0.25) is 0 Å². The van der Waals surface area contributed by atoms with Gasteiger partial charge in [0.1, 0.15) is 21.8 Å². The van der Waals surface area contributed by atoms with Gasteiger partial charge in [-0.05, 0) is 61.4 Å². The van der Waals surface area contributed by atoms with Crippen LogP contribution in [0.5, 0.6) is 17.2 Å². The highest BCUT2D eigenvalue weighted by Gasteiger charge is 2.36. The van der Waals surface area contributed by atoms with Crippen LogP contribution in [0.2, 0.25) is 0 Å². The normalized spacial score (nSPS) is 20.9. The second-order valence-corrected chi connectivity index (χ2v) is 10.1. The van der Waals surface area contributed by atoms with Crippen molar-refractivity contribution in [3.63, 3.8) is 0 Å². The number of nitrogens with zero attached hydrogens (tertiary/aromatic N) is 1. The maximum atomic E-state index is 13.2. The Balaban J connectivity index is 1.41. The number of aliphatic hydroxyl groups is 1. The highest BCUT2D eigenvalue weighted by Crippen LogP contribution is 2.49. The molecule has 0 saturated heterocycles. The highest BCUT2D eigenvalue weighted by atomic mass is 32.2. The summed E-state index contributed by atoms with van der Waals surface area (Å²) in [6, 6.07) is 18.3. The van der Waals surface area contributed by atoms with Gasteiger partial charge in [0.05, 0.1) is 22.3 Å². The van der Waals surface area contributed by atoms with Crippen LogP contribution in [-0.2, 0) is 9.92 Å². The number of ether oxygens (including phenoxy) is 2. The first-order valence-electron chi connectivity index (χ1n) is 11.1. The Hall–Kier alpha value is -3.54. The first-order chi connectivity index (χ1) is 17.1. The summed E-state index contributed by atoms with van der Waals surface area (Å²) in [5.41, 5.74) is 2.01. The standard InChI is InChI=1S/C25H22F3N3O4S/c26-25(27,28)35-16-12-14-17(15-13-16)36(29,33)30-18-6-5-9-21(24(18)32)31-19-7-1-3-10-22(19)34-23-11-4-2-8-20(23)31/h1-4,7-15,18,24,32H,5-6H2,(H2,29,30,33)/t18-,24-,36?/m0/s1. The molecule has 3 aromatic carbocycles. The average Bonchev–Trinajstić information content (AvgIpc) is 2.83. The predicted octanol–water partition coefficient (Wildman–Crippen LogP) is 5.85. The Morgan fingerprint density at radius 3 is 2.17 bits per heavy atom. The molecule has 3 atom stereocenters. The van der Waals surface area contributed by atoms with Crippen LogP contribution >= 0.6 is 0 Å². The summed E-state index contributed by atoms with van der Waals surface area (Å²) in [5.74, 6) is 0.753. The zero-order valence-electron chi connectivity index (χ0n) is 18.7. The predicted molar refractivity (Wildman–Crippen MR) is 128 cm³/mol. The van der Waals surface area contributed by atoms with Gasteiger partial charge in [-0.15, -0.1) is 13.2 Å². The van der Waals surface area contributed by atoms with E-state index in [2.05, 4.69) is 9.46 Å². The van der Waals surface area contributed by atoms with E-state index in [9.17, 15) is 22.5 Å². The fourth-order valence-electron chi connectivity index (χ4n) is 4.34. The van der Waals surface area contributed by atoms with E-state index in [-0.39, 0.29) is 4.90 Å². The molecule has 0 radical (unpaired) electrons. The number of rotatable bonds is 5. The van der Waals surface area contributed by atoms with Crippen molar-refractivity contribution in [3.05, 3.63) is 84.6 Å². The molecular weight excluding hydrogens is 495 g/mol. The van der Waals surface area contributed by atoms with Gasteiger partial charge in [-0.1, -0.05) is 30.3 Å². The minimum Gasteiger partial charge on any atom is -0.453 e. The van der Waals surface area contributed by atoms with E-state index >= 15 is 0 Å². The SMILES string of the molecule is N=S(=O)(N[C@H]1CCC=C(N2c3ccccc3Oc3ccccc32)[C@H]1O)c1ccc(OC(F)(F)F)cc1. The van der Waals surface area contributed by atoms with Gasteiger partial charge in [0.15, 0.2) is 11.5 Å². The number of benzene rings is 3. The number of para-hydroxylation sites is 4. The molecule has 3 aromatic rings. The summed E-state index contributed by atoms with van der Waals surface area (Å²) in [5, 5.41) is 11.3. The summed E-state index contributed by atoms with van der Waals surface area (Å²) in [7, 11) is -3.65. The van der Waals surface area contributed by atoms with Crippen LogP contribution in [0.4, 0.5) is 24.5 Å². The van der Waals surface area contributed by atoms with Crippen molar-refractivity contribution in [1.82, 2.24) is 4.72 Å². The van der Waals surface area contributed by atoms with Gasteiger partial charge in [0.25, 0.3) is 0 Å². The lowest BCUT2D eigenvalue weighted by Crippen LogP contribution is -2.48. The lowest BCUT2D eigenvalue weighted by Gasteiger charge is -2.39. The molecule has 1 heterocycles. The molecule has 7 nitrogen and oxygen atoms in total. The van der Waals surface area contributed by atoms with Gasteiger partial charge in [-0.3, -0.25) is 0 Å². The Labute approximate surface area is 205 Å². The Morgan fingerprint density at radius 2 is 1.58 bits per heavy atom. The first kappa shape index (κ1) is 24.2. The third-order valence-electron chi connectivity index (χ3n) is 5.91. The van der Waals surface area contributed by atoms with Crippen molar-refractivity contribution >= 4 is 21.3 Å². The molecule has 5 rings (SSSR count). The topological polar surface area (TPSA) is 94.9 Å².